The Hall–Kier alpha value is -0.970. The normalized spacial score (nSPS) is 21.8. The number of halogens is 3. The highest BCUT2D eigenvalue weighted by Crippen LogP contribution is 2.35. The van der Waals surface area contributed by atoms with Gasteiger partial charge in [0, 0.05) is 10.5 Å². The van der Waals surface area contributed by atoms with Crippen LogP contribution in [0.3, 0.4) is 0 Å². The van der Waals surface area contributed by atoms with Gasteiger partial charge in [-0.2, -0.15) is 0 Å². The summed E-state index contributed by atoms with van der Waals surface area (Å²) >= 11 is 2.98. The van der Waals surface area contributed by atoms with E-state index in [1.165, 1.54) is 0 Å². The summed E-state index contributed by atoms with van der Waals surface area (Å²) in [4.78, 5) is 11.8. The molecule has 0 aliphatic heterocycles. The molecule has 1 aromatic rings. The van der Waals surface area contributed by atoms with Crippen LogP contribution in [0.4, 0.5) is 8.78 Å². The Bertz CT molecular complexity index is 455. The van der Waals surface area contributed by atoms with Crippen molar-refractivity contribution in [2.45, 2.75) is 32.2 Å². The molecule has 0 saturated heterocycles. The van der Waals surface area contributed by atoms with E-state index >= 15 is 0 Å². The van der Waals surface area contributed by atoms with E-state index in [9.17, 15) is 13.6 Å². The van der Waals surface area contributed by atoms with Crippen LogP contribution in [0.25, 0.3) is 0 Å². The molecule has 1 aliphatic carbocycles. The monoisotopic (exact) mass is 317 g/mol. The molecule has 0 bridgehead atoms. The molecule has 0 aromatic heterocycles. The molecule has 1 saturated carbocycles. The first-order chi connectivity index (χ1) is 8.52. The molecule has 98 valence electrons. The lowest BCUT2D eigenvalue weighted by atomic mass is 10.2. The molecule has 1 fully saturated rings. The minimum atomic E-state index is -0.841. The van der Waals surface area contributed by atoms with Gasteiger partial charge in [-0.3, -0.25) is 4.79 Å². The number of hydrogen-bond donors (Lipinski definition) is 1. The summed E-state index contributed by atoms with van der Waals surface area (Å²) in [7, 11) is 0. The van der Waals surface area contributed by atoms with Gasteiger partial charge in [0.2, 0.25) is 0 Å². The van der Waals surface area contributed by atoms with E-state index in [1.54, 1.807) is 0 Å². The van der Waals surface area contributed by atoms with Gasteiger partial charge in [0.05, 0.1) is 0 Å². The van der Waals surface area contributed by atoms with Crippen LogP contribution in [-0.4, -0.2) is 11.9 Å². The van der Waals surface area contributed by atoms with Gasteiger partial charge in [0.1, 0.15) is 17.2 Å². The van der Waals surface area contributed by atoms with E-state index in [0.29, 0.717) is 5.92 Å². The number of carbonyl (C=O) groups is 1. The van der Waals surface area contributed by atoms with Crippen LogP contribution >= 0.6 is 15.9 Å². The van der Waals surface area contributed by atoms with Gasteiger partial charge in [-0.25, -0.2) is 8.78 Å². The molecular formula is C13H14BrF2NO. The number of rotatable bonds is 4. The van der Waals surface area contributed by atoms with Gasteiger partial charge < -0.3 is 5.32 Å². The highest BCUT2D eigenvalue weighted by Gasteiger charge is 2.38. The largest absolute Gasteiger partial charge is 0.349 e. The van der Waals surface area contributed by atoms with Gasteiger partial charge in [-0.1, -0.05) is 29.3 Å². The van der Waals surface area contributed by atoms with E-state index in [-0.39, 0.29) is 10.5 Å². The maximum absolute atomic E-state index is 13.5. The van der Waals surface area contributed by atoms with Crippen molar-refractivity contribution in [2.24, 2.45) is 5.92 Å². The predicted molar refractivity (Wildman–Crippen MR) is 68.3 cm³/mol. The summed E-state index contributed by atoms with van der Waals surface area (Å²) in [5, 5.41) is 2.67. The summed E-state index contributed by atoms with van der Waals surface area (Å²) in [6, 6.07) is 2.25. The fourth-order valence-electron chi connectivity index (χ4n) is 2.11. The van der Waals surface area contributed by atoms with Crippen molar-refractivity contribution in [2.75, 3.05) is 0 Å². The second-order valence-electron chi connectivity index (χ2n) is 4.61. The molecule has 2 rings (SSSR count). The van der Waals surface area contributed by atoms with E-state index in [0.717, 1.165) is 31.4 Å². The first kappa shape index (κ1) is 13.5. The quantitative estimate of drug-likeness (QED) is 0.902. The fourth-order valence-corrected chi connectivity index (χ4v) is 2.52. The minimum absolute atomic E-state index is 0.0693. The molecule has 2 unspecified atom stereocenters. The third-order valence-electron chi connectivity index (χ3n) is 3.13. The van der Waals surface area contributed by atoms with Gasteiger partial charge >= 0.3 is 0 Å². The Morgan fingerprint density at radius 1 is 1.44 bits per heavy atom. The minimum Gasteiger partial charge on any atom is -0.349 e. The molecule has 1 N–H and O–H groups in total. The zero-order chi connectivity index (χ0) is 13.3. The molecule has 1 aromatic carbocycles. The number of benzene rings is 1. The van der Waals surface area contributed by atoms with Crippen LogP contribution in [0.15, 0.2) is 16.6 Å². The van der Waals surface area contributed by atoms with Crippen molar-refractivity contribution in [3.63, 3.8) is 0 Å². The van der Waals surface area contributed by atoms with Crippen molar-refractivity contribution < 1.29 is 13.6 Å². The van der Waals surface area contributed by atoms with Crippen LogP contribution in [0, 0.1) is 17.6 Å². The Morgan fingerprint density at radius 3 is 2.61 bits per heavy atom. The third kappa shape index (κ3) is 2.88. The van der Waals surface area contributed by atoms with Crippen LogP contribution in [0.1, 0.15) is 36.5 Å². The Labute approximate surface area is 113 Å². The van der Waals surface area contributed by atoms with Crippen molar-refractivity contribution in [3.8, 4) is 0 Å². The van der Waals surface area contributed by atoms with Crippen molar-refractivity contribution in [1.82, 2.24) is 5.32 Å². The van der Waals surface area contributed by atoms with Gasteiger partial charge in [-0.15, -0.1) is 0 Å². The van der Waals surface area contributed by atoms with E-state index in [1.807, 2.05) is 0 Å². The standard InChI is InChI=1S/C13H14BrF2NO/c1-2-3-7-4-11(7)17-13(18)12-9(15)5-8(14)6-10(12)16/h5-7,11H,2-4H2,1H3,(H,17,18). The maximum atomic E-state index is 13.5. The van der Waals surface area contributed by atoms with Gasteiger partial charge in [0.25, 0.3) is 5.91 Å². The van der Waals surface area contributed by atoms with Crippen LogP contribution in [0.5, 0.6) is 0 Å². The summed E-state index contributed by atoms with van der Waals surface area (Å²) in [6.45, 7) is 2.07. The van der Waals surface area contributed by atoms with Gasteiger partial charge in [-0.05, 0) is 30.9 Å². The predicted octanol–water partition coefficient (Wildman–Crippen LogP) is 3.65. The lowest BCUT2D eigenvalue weighted by Gasteiger charge is -2.07. The molecule has 2 nitrogen and oxygen atoms in total. The second kappa shape index (κ2) is 5.34. The van der Waals surface area contributed by atoms with Crippen LogP contribution in [-0.2, 0) is 0 Å². The first-order valence-corrected chi connectivity index (χ1v) is 6.77. The fraction of sp³-hybridized carbons (Fsp3) is 0.462. The highest BCUT2D eigenvalue weighted by molar-refractivity contribution is 9.10. The molecule has 0 heterocycles. The molecule has 1 aliphatic rings. The SMILES string of the molecule is CCCC1CC1NC(=O)c1c(F)cc(Br)cc1F. The molecule has 0 radical (unpaired) electrons. The van der Waals surface area contributed by atoms with E-state index < -0.39 is 23.1 Å². The smallest absolute Gasteiger partial charge is 0.257 e. The number of carbonyl (C=O) groups excluding carboxylic acids is 1. The summed E-state index contributed by atoms with van der Waals surface area (Å²) in [5.41, 5.74) is -0.500. The summed E-state index contributed by atoms with van der Waals surface area (Å²) in [5.74, 6) is -1.89. The average molecular weight is 318 g/mol. The average Bonchev–Trinajstić information content (AvgIpc) is 2.94. The first-order valence-electron chi connectivity index (χ1n) is 5.98. The summed E-state index contributed by atoms with van der Waals surface area (Å²) < 4.78 is 27.4. The number of amides is 1. The maximum Gasteiger partial charge on any atom is 0.257 e. The Morgan fingerprint density at radius 2 is 2.06 bits per heavy atom. The molecule has 2 atom stereocenters. The van der Waals surface area contributed by atoms with Crippen molar-refractivity contribution in [1.29, 1.82) is 0 Å². The van der Waals surface area contributed by atoms with E-state index in [2.05, 4.69) is 28.2 Å². The Balaban J connectivity index is 2.06. The topological polar surface area (TPSA) is 29.1 Å². The molecule has 18 heavy (non-hydrogen) atoms. The van der Waals surface area contributed by atoms with Gasteiger partial charge in [0.15, 0.2) is 0 Å². The van der Waals surface area contributed by atoms with Crippen LogP contribution < -0.4 is 5.32 Å². The number of hydrogen-bond acceptors (Lipinski definition) is 1. The second-order valence-corrected chi connectivity index (χ2v) is 5.52. The highest BCUT2D eigenvalue weighted by atomic mass is 79.9. The lowest BCUT2D eigenvalue weighted by Crippen LogP contribution is -2.28. The van der Waals surface area contributed by atoms with E-state index in [4.69, 9.17) is 0 Å². The van der Waals surface area contributed by atoms with Crippen molar-refractivity contribution >= 4 is 21.8 Å². The number of nitrogens with one attached hydrogen (secondary N) is 1. The van der Waals surface area contributed by atoms with Crippen LogP contribution in [0.2, 0.25) is 0 Å². The molecule has 5 heteroatoms. The molecule has 1 amide bonds. The lowest BCUT2D eigenvalue weighted by molar-refractivity contribution is 0.0940. The van der Waals surface area contributed by atoms with Crippen molar-refractivity contribution in [3.05, 3.63) is 33.8 Å². The molecular weight excluding hydrogens is 304 g/mol. The summed E-state index contributed by atoms with van der Waals surface area (Å²) in [6.07, 6.45) is 2.99. The molecule has 0 spiro atoms. The third-order valence-corrected chi connectivity index (χ3v) is 3.59. The zero-order valence-corrected chi connectivity index (χ0v) is 11.6. The Kier molecular flexibility index (Phi) is 4.00. The zero-order valence-electron chi connectivity index (χ0n) is 9.97.